The molecule has 3 N–H and O–H groups in total. The third-order valence-electron chi connectivity index (χ3n) is 5.66. The molecule has 1 heterocycles. The number of esters is 1. The van der Waals surface area contributed by atoms with E-state index in [4.69, 9.17) is 9.47 Å². The minimum atomic E-state index is -1.74. The van der Waals surface area contributed by atoms with Crippen LogP contribution >= 0.6 is 11.8 Å². The minimum absolute atomic E-state index is 0.321. The number of hydrogen-bond acceptors (Lipinski definition) is 7. The molecule has 0 spiro atoms. The van der Waals surface area contributed by atoms with Gasteiger partial charge in [-0.2, -0.15) is 0 Å². The number of ether oxygens (including phenoxy) is 2. The quantitative estimate of drug-likeness (QED) is 0.641. The van der Waals surface area contributed by atoms with Gasteiger partial charge < -0.3 is 24.8 Å². The number of hydrogen-bond donors (Lipinski definition) is 3. The molecule has 7 heteroatoms. The molecule has 154 valence electrons. The molecule has 2 aromatic carbocycles. The highest BCUT2D eigenvalue weighted by Crippen LogP contribution is 2.55. The number of aliphatic hydroxyl groups is 3. The van der Waals surface area contributed by atoms with E-state index >= 15 is 0 Å². The van der Waals surface area contributed by atoms with Gasteiger partial charge in [-0.05, 0) is 23.4 Å². The van der Waals surface area contributed by atoms with Crippen LogP contribution in [0.3, 0.4) is 0 Å². The molecule has 0 amide bonds. The van der Waals surface area contributed by atoms with Crippen molar-refractivity contribution >= 4 is 17.7 Å². The molecule has 2 aromatic rings. The zero-order valence-electron chi connectivity index (χ0n) is 15.9. The molecule has 0 radical (unpaired) electrons. The Kier molecular flexibility index (Phi) is 5.68. The lowest BCUT2D eigenvalue weighted by Crippen LogP contribution is -2.80. The van der Waals surface area contributed by atoms with Crippen molar-refractivity contribution in [2.75, 3.05) is 5.75 Å². The average molecular weight is 416 g/mol. The SMILES string of the molecule is CCS[C@@H]1O[C@@H]2C(O)C(c3ccccc3)[C@@]2(O)[C@H](OC(=O)c2ccccc2)[C@H]1O. The predicted molar refractivity (Wildman–Crippen MR) is 109 cm³/mol. The largest absolute Gasteiger partial charge is 0.453 e. The summed E-state index contributed by atoms with van der Waals surface area (Å²) in [4.78, 5) is 12.7. The van der Waals surface area contributed by atoms with Gasteiger partial charge in [0.2, 0.25) is 0 Å². The number of carbonyl (C=O) groups excluding carboxylic acids is 1. The van der Waals surface area contributed by atoms with Crippen molar-refractivity contribution in [3.63, 3.8) is 0 Å². The third kappa shape index (κ3) is 3.37. The van der Waals surface area contributed by atoms with E-state index in [1.54, 1.807) is 54.6 Å². The Bertz CT molecular complexity index is 847. The van der Waals surface area contributed by atoms with E-state index in [9.17, 15) is 20.1 Å². The lowest BCUT2D eigenvalue weighted by molar-refractivity contribution is -0.335. The fourth-order valence-corrected chi connectivity index (χ4v) is 5.17. The van der Waals surface area contributed by atoms with Crippen molar-refractivity contribution in [2.24, 2.45) is 0 Å². The fraction of sp³-hybridized carbons (Fsp3) is 0.409. The molecule has 7 atom stereocenters. The summed E-state index contributed by atoms with van der Waals surface area (Å²) in [5.74, 6) is -0.730. The number of rotatable bonds is 5. The number of fused-ring (bicyclic) bond motifs is 1. The van der Waals surface area contributed by atoms with Gasteiger partial charge in [0.15, 0.2) is 6.10 Å². The molecule has 0 aromatic heterocycles. The van der Waals surface area contributed by atoms with Gasteiger partial charge in [-0.1, -0.05) is 55.5 Å². The maximum absolute atomic E-state index is 12.7. The van der Waals surface area contributed by atoms with Crippen LogP contribution in [0.5, 0.6) is 0 Å². The summed E-state index contributed by atoms with van der Waals surface area (Å²) in [6.07, 6.45) is -4.43. The summed E-state index contributed by atoms with van der Waals surface area (Å²) in [7, 11) is 0. The third-order valence-corrected chi connectivity index (χ3v) is 6.72. The monoisotopic (exact) mass is 416 g/mol. The maximum atomic E-state index is 12.7. The fourth-order valence-electron chi connectivity index (χ4n) is 4.30. The Morgan fingerprint density at radius 3 is 2.31 bits per heavy atom. The second-order valence-electron chi connectivity index (χ2n) is 7.33. The van der Waals surface area contributed by atoms with Crippen LogP contribution in [0.4, 0.5) is 0 Å². The van der Waals surface area contributed by atoms with E-state index in [-0.39, 0.29) is 0 Å². The van der Waals surface area contributed by atoms with E-state index in [0.29, 0.717) is 16.9 Å². The van der Waals surface area contributed by atoms with Crippen LogP contribution < -0.4 is 0 Å². The Labute approximate surface area is 173 Å². The summed E-state index contributed by atoms with van der Waals surface area (Å²) < 4.78 is 11.5. The Morgan fingerprint density at radius 2 is 1.69 bits per heavy atom. The zero-order chi connectivity index (χ0) is 20.6. The molecule has 1 aliphatic heterocycles. The summed E-state index contributed by atoms with van der Waals surface area (Å²) in [5, 5.41) is 33.3. The van der Waals surface area contributed by atoms with Crippen molar-refractivity contribution in [1.82, 2.24) is 0 Å². The first kappa shape index (κ1) is 20.4. The Hall–Kier alpha value is -1.90. The Balaban J connectivity index is 1.68. The van der Waals surface area contributed by atoms with E-state index in [0.717, 1.165) is 0 Å². The average Bonchev–Trinajstić information content (AvgIpc) is 2.74. The first-order chi connectivity index (χ1) is 14.0. The van der Waals surface area contributed by atoms with Crippen molar-refractivity contribution in [1.29, 1.82) is 0 Å². The van der Waals surface area contributed by atoms with Crippen LogP contribution in [-0.4, -0.2) is 62.5 Å². The normalized spacial score (nSPS) is 36.0. The molecular weight excluding hydrogens is 392 g/mol. The molecule has 1 aliphatic carbocycles. The number of benzene rings is 2. The van der Waals surface area contributed by atoms with E-state index in [1.165, 1.54) is 11.8 Å². The van der Waals surface area contributed by atoms with Gasteiger partial charge in [0.1, 0.15) is 23.2 Å². The molecule has 4 rings (SSSR count). The van der Waals surface area contributed by atoms with Crippen LogP contribution in [0.15, 0.2) is 60.7 Å². The molecule has 6 nitrogen and oxygen atoms in total. The van der Waals surface area contributed by atoms with E-state index in [1.807, 2.05) is 13.0 Å². The van der Waals surface area contributed by atoms with Crippen LogP contribution in [0.1, 0.15) is 28.8 Å². The molecule has 1 saturated carbocycles. The smallest absolute Gasteiger partial charge is 0.338 e. The molecule has 29 heavy (non-hydrogen) atoms. The second kappa shape index (κ2) is 8.08. The van der Waals surface area contributed by atoms with Crippen LogP contribution in [0.2, 0.25) is 0 Å². The van der Waals surface area contributed by atoms with Crippen LogP contribution in [-0.2, 0) is 9.47 Å². The highest BCUT2D eigenvalue weighted by atomic mass is 32.2. The standard InChI is InChI=1S/C22H24O6S/c1-2-29-21-17(24)19(27-20(25)14-11-7-4-8-12-14)22(26)15(16(23)18(22)28-21)13-9-5-3-6-10-13/h3-12,15-19,21,23-24,26H,2H2,1H3/t15?,16?,17-,18-,19-,21+,22+/m1/s1. The van der Waals surface area contributed by atoms with Crippen molar-refractivity contribution < 1.29 is 29.6 Å². The molecular formula is C22H24O6S. The number of aliphatic hydroxyl groups excluding tert-OH is 2. The van der Waals surface area contributed by atoms with Gasteiger partial charge in [0.05, 0.1) is 11.7 Å². The van der Waals surface area contributed by atoms with E-state index < -0.39 is 47.3 Å². The highest BCUT2D eigenvalue weighted by Gasteiger charge is 2.72. The molecule has 1 saturated heterocycles. The van der Waals surface area contributed by atoms with Gasteiger partial charge >= 0.3 is 5.97 Å². The summed E-state index contributed by atoms with van der Waals surface area (Å²) in [5.41, 5.74) is -1.45. The lowest BCUT2D eigenvalue weighted by Gasteiger charge is -2.62. The van der Waals surface area contributed by atoms with Gasteiger partial charge in [-0.25, -0.2) is 4.79 Å². The summed E-state index contributed by atoms with van der Waals surface area (Å²) >= 11 is 1.34. The topological polar surface area (TPSA) is 96.2 Å². The number of thioether (sulfide) groups is 1. The predicted octanol–water partition coefficient (Wildman–Crippen LogP) is 1.94. The second-order valence-corrected chi connectivity index (χ2v) is 8.70. The number of carbonyl (C=O) groups is 1. The van der Waals surface area contributed by atoms with Crippen LogP contribution in [0, 0.1) is 0 Å². The zero-order valence-corrected chi connectivity index (χ0v) is 16.7. The van der Waals surface area contributed by atoms with Gasteiger partial charge in [-0.15, -0.1) is 11.8 Å². The maximum Gasteiger partial charge on any atom is 0.338 e. The summed E-state index contributed by atoms with van der Waals surface area (Å²) in [6, 6.07) is 17.5. The molecule has 2 unspecified atom stereocenters. The van der Waals surface area contributed by atoms with Crippen LogP contribution in [0.25, 0.3) is 0 Å². The van der Waals surface area contributed by atoms with Gasteiger partial charge in [-0.3, -0.25) is 0 Å². The first-order valence-corrected chi connectivity index (χ1v) is 10.7. The van der Waals surface area contributed by atoms with Crippen molar-refractivity contribution in [3.05, 3.63) is 71.8 Å². The molecule has 2 aliphatic rings. The highest BCUT2D eigenvalue weighted by molar-refractivity contribution is 7.99. The van der Waals surface area contributed by atoms with Gasteiger partial charge in [0, 0.05) is 5.92 Å². The lowest BCUT2D eigenvalue weighted by atomic mass is 9.57. The van der Waals surface area contributed by atoms with E-state index in [2.05, 4.69) is 0 Å². The minimum Gasteiger partial charge on any atom is -0.453 e. The van der Waals surface area contributed by atoms with Crippen molar-refractivity contribution in [2.45, 2.75) is 48.3 Å². The summed E-state index contributed by atoms with van der Waals surface area (Å²) in [6.45, 7) is 1.91. The molecule has 0 bridgehead atoms. The molecule has 2 fully saturated rings. The van der Waals surface area contributed by atoms with Gasteiger partial charge in [0.25, 0.3) is 0 Å². The first-order valence-electron chi connectivity index (χ1n) is 9.65. The van der Waals surface area contributed by atoms with Crippen molar-refractivity contribution in [3.8, 4) is 0 Å². The Morgan fingerprint density at radius 1 is 1.07 bits per heavy atom.